The first-order chi connectivity index (χ1) is 8.06. The number of benzene rings is 1. The molecule has 1 aliphatic rings. The van der Waals surface area contributed by atoms with Crippen molar-refractivity contribution in [3.63, 3.8) is 0 Å². The number of carbonyl (C=O) groups excluding carboxylic acids is 2. The lowest BCUT2D eigenvalue weighted by Gasteiger charge is -2.16. The molecule has 3 nitrogen and oxygen atoms in total. The fraction of sp³-hybridized carbons (Fsp3) is 0.286. The number of fused-ring (bicyclic) bond motifs is 1. The number of Topliss-reactive ketones (excluding diaryl/α,β-unsaturated/α-hetero) is 1. The normalized spacial score (nSPS) is 14.9. The third-order valence-electron chi connectivity index (χ3n) is 2.92. The zero-order chi connectivity index (χ0) is 12.6. The van der Waals surface area contributed by atoms with Crippen LogP contribution >= 0.6 is 0 Å². The van der Waals surface area contributed by atoms with Crippen LogP contribution in [0, 0.1) is 13.8 Å². The summed E-state index contributed by atoms with van der Waals surface area (Å²) in [6.45, 7) is 6.21. The SMILES string of the molecule is CC=CCN1C(=O)C(=O)c2cc(C)cc(C)c21. The average molecular weight is 229 g/mol. The molecular formula is C14H15NO2. The number of hydrogen-bond donors (Lipinski definition) is 0. The highest BCUT2D eigenvalue weighted by atomic mass is 16.2. The van der Waals surface area contributed by atoms with E-state index in [4.69, 9.17) is 0 Å². The molecule has 1 amide bonds. The first-order valence-electron chi connectivity index (χ1n) is 5.65. The fourth-order valence-electron chi connectivity index (χ4n) is 2.22. The number of nitrogens with zero attached hydrogens (tertiary/aromatic N) is 1. The van der Waals surface area contributed by atoms with E-state index in [9.17, 15) is 9.59 Å². The lowest BCUT2D eigenvalue weighted by Crippen LogP contribution is -2.30. The summed E-state index contributed by atoms with van der Waals surface area (Å²) >= 11 is 0. The molecule has 0 saturated carbocycles. The number of allylic oxidation sites excluding steroid dienone is 1. The minimum absolute atomic E-state index is 0.392. The van der Waals surface area contributed by atoms with Crippen LogP contribution in [0.1, 0.15) is 28.4 Å². The van der Waals surface area contributed by atoms with Crippen LogP contribution in [0.5, 0.6) is 0 Å². The van der Waals surface area contributed by atoms with Crippen molar-refractivity contribution in [2.24, 2.45) is 0 Å². The minimum Gasteiger partial charge on any atom is -0.301 e. The van der Waals surface area contributed by atoms with Gasteiger partial charge in [0.2, 0.25) is 0 Å². The first kappa shape index (κ1) is 11.6. The maximum absolute atomic E-state index is 11.9. The highest BCUT2D eigenvalue weighted by molar-refractivity contribution is 6.52. The van der Waals surface area contributed by atoms with Gasteiger partial charge in [-0.05, 0) is 38.0 Å². The van der Waals surface area contributed by atoms with Crippen molar-refractivity contribution >= 4 is 17.4 Å². The molecule has 0 spiro atoms. The second-order valence-corrected chi connectivity index (χ2v) is 4.29. The van der Waals surface area contributed by atoms with E-state index in [1.165, 1.54) is 0 Å². The van der Waals surface area contributed by atoms with Gasteiger partial charge >= 0.3 is 0 Å². The lowest BCUT2D eigenvalue weighted by atomic mass is 10.0. The number of anilines is 1. The molecule has 0 aromatic heterocycles. The van der Waals surface area contributed by atoms with E-state index in [0.29, 0.717) is 12.1 Å². The largest absolute Gasteiger partial charge is 0.301 e. The maximum atomic E-state index is 11.9. The van der Waals surface area contributed by atoms with Crippen molar-refractivity contribution in [1.82, 2.24) is 0 Å². The van der Waals surface area contributed by atoms with Crippen molar-refractivity contribution in [3.05, 3.63) is 41.0 Å². The van der Waals surface area contributed by atoms with Gasteiger partial charge in [0.15, 0.2) is 0 Å². The lowest BCUT2D eigenvalue weighted by molar-refractivity contribution is -0.114. The number of ketones is 1. The molecule has 0 fully saturated rings. The van der Waals surface area contributed by atoms with E-state index < -0.39 is 11.7 Å². The third kappa shape index (κ3) is 1.78. The molecule has 88 valence electrons. The number of rotatable bonds is 2. The summed E-state index contributed by atoms with van der Waals surface area (Å²) in [7, 11) is 0. The van der Waals surface area contributed by atoms with Gasteiger partial charge in [-0.1, -0.05) is 18.2 Å². The van der Waals surface area contributed by atoms with Gasteiger partial charge in [-0.25, -0.2) is 0 Å². The molecule has 1 aromatic rings. The Labute approximate surface area is 101 Å². The molecule has 0 atom stereocenters. The Balaban J connectivity index is 2.56. The molecule has 0 saturated heterocycles. The smallest absolute Gasteiger partial charge is 0.299 e. The predicted molar refractivity (Wildman–Crippen MR) is 67.4 cm³/mol. The van der Waals surface area contributed by atoms with E-state index in [1.54, 1.807) is 11.0 Å². The summed E-state index contributed by atoms with van der Waals surface area (Å²) in [5, 5.41) is 0. The molecule has 1 heterocycles. The standard InChI is InChI=1S/C14H15NO2/c1-4-5-6-15-12-10(3)7-9(2)8-11(12)13(16)14(15)17/h4-5,7-8H,6H2,1-3H3. The quantitative estimate of drug-likeness (QED) is 0.577. The van der Waals surface area contributed by atoms with E-state index in [-0.39, 0.29) is 0 Å². The average Bonchev–Trinajstić information content (AvgIpc) is 2.51. The summed E-state index contributed by atoms with van der Waals surface area (Å²) in [5.41, 5.74) is 3.29. The number of carbonyl (C=O) groups is 2. The van der Waals surface area contributed by atoms with Crippen molar-refractivity contribution in [1.29, 1.82) is 0 Å². The highest BCUT2D eigenvalue weighted by Gasteiger charge is 2.36. The molecule has 0 aliphatic carbocycles. The van der Waals surface area contributed by atoms with E-state index in [0.717, 1.165) is 16.8 Å². The minimum atomic E-state index is -0.424. The van der Waals surface area contributed by atoms with Crippen LogP contribution in [-0.4, -0.2) is 18.2 Å². The molecule has 17 heavy (non-hydrogen) atoms. The molecular weight excluding hydrogens is 214 g/mol. The van der Waals surface area contributed by atoms with E-state index in [2.05, 4.69) is 0 Å². The molecule has 3 heteroatoms. The summed E-state index contributed by atoms with van der Waals surface area (Å²) in [6.07, 6.45) is 3.75. The second kappa shape index (κ2) is 4.17. The Morgan fingerprint density at radius 1 is 1.24 bits per heavy atom. The first-order valence-corrected chi connectivity index (χ1v) is 5.65. The predicted octanol–water partition coefficient (Wildman–Crippen LogP) is 2.41. The molecule has 2 rings (SSSR count). The molecule has 1 aromatic carbocycles. The Hall–Kier alpha value is -1.90. The van der Waals surface area contributed by atoms with Gasteiger partial charge < -0.3 is 4.90 Å². The van der Waals surface area contributed by atoms with Crippen LogP contribution in [0.3, 0.4) is 0 Å². The molecule has 0 radical (unpaired) electrons. The Morgan fingerprint density at radius 3 is 2.59 bits per heavy atom. The fourth-order valence-corrected chi connectivity index (χ4v) is 2.22. The van der Waals surface area contributed by atoms with E-state index >= 15 is 0 Å². The van der Waals surface area contributed by atoms with Gasteiger partial charge in [-0.3, -0.25) is 9.59 Å². The van der Waals surface area contributed by atoms with Crippen LogP contribution in [0.25, 0.3) is 0 Å². The summed E-state index contributed by atoms with van der Waals surface area (Å²) in [6, 6.07) is 3.78. The topological polar surface area (TPSA) is 37.4 Å². The zero-order valence-electron chi connectivity index (χ0n) is 10.3. The van der Waals surface area contributed by atoms with Gasteiger partial charge in [0, 0.05) is 6.54 Å². The van der Waals surface area contributed by atoms with Gasteiger partial charge in [-0.2, -0.15) is 0 Å². The summed E-state index contributed by atoms with van der Waals surface area (Å²) in [5.74, 6) is -0.817. The van der Waals surface area contributed by atoms with E-state index in [1.807, 2.05) is 39.0 Å². The van der Waals surface area contributed by atoms with Crippen molar-refractivity contribution < 1.29 is 9.59 Å². The van der Waals surface area contributed by atoms with Crippen LogP contribution in [-0.2, 0) is 4.79 Å². The third-order valence-corrected chi connectivity index (χ3v) is 2.92. The zero-order valence-corrected chi connectivity index (χ0v) is 10.3. The van der Waals surface area contributed by atoms with Crippen molar-refractivity contribution in [2.45, 2.75) is 20.8 Å². The number of aryl methyl sites for hydroxylation is 2. The van der Waals surface area contributed by atoms with Crippen molar-refractivity contribution in [3.8, 4) is 0 Å². The summed E-state index contributed by atoms with van der Waals surface area (Å²) < 4.78 is 0. The van der Waals surface area contributed by atoms with Crippen LogP contribution < -0.4 is 4.90 Å². The van der Waals surface area contributed by atoms with Gasteiger partial charge in [0.1, 0.15) is 0 Å². The van der Waals surface area contributed by atoms with Gasteiger partial charge in [-0.15, -0.1) is 0 Å². The second-order valence-electron chi connectivity index (χ2n) is 4.29. The number of hydrogen-bond acceptors (Lipinski definition) is 2. The number of amides is 1. The molecule has 0 unspecified atom stereocenters. The van der Waals surface area contributed by atoms with Gasteiger partial charge in [0.05, 0.1) is 11.3 Å². The monoisotopic (exact) mass is 229 g/mol. The molecule has 0 N–H and O–H groups in total. The molecule has 1 aliphatic heterocycles. The van der Waals surface area contributed by atoms with Crippen LogP contribution in [0.4, 0.5) is 5.69 Å². The Kier molecular flexibility index (Phi) is 2.84. The highest BCUT2D eigenvalue weighted by Crippen LogP contribution is 2.33. The summed E-state index contributed by atoms with van der Waals surface area (Å²) in [4.78, 5) is 25.3. The van der Waals surface area contributed by atoms with Crippen LogP contribution in [0.15, 0.2) is 24.3 Å². The Bertz CT molecular complexity index is 529. The molecule has 0 bridgehead atoms. The maximum Gasteiger partial charge on any atom is 0.299 e. The van der Waals surface area contributed by atoms with Crippen molar-refractivity contribution in [2.75, 3.05) is 11.4 Å². The van der Waals surface area contributed by atoms with Crippen LogP contribution in [0.2, 0.25) is 0 Å². The Morgan fingerprint density at radius 2 is 1.94 bits per heavy atom. The van der Waals surface area contributed by atoms with Gasteiger partial charge in [0.25, 0.3) is 11.7 Å².